The van der Waals surface area contributed by atoms with E-state index in [0.717, 1.165) is 74.5 Å². The number of alkyl halides is 3. The molecule has 2 aromatic carbocycles. The SMILES string of the molecule is Cn1nc(N2CCC(=O)NC2=O)c2ccc(C3CCN(CC4CN(c5cccc(S(=O)(=O)N6CCC(Nc7ncc(C(F)(F)F)cn7)CC6)c5)C4)CC3)cc21. The highest BCUT2D eigenvalue weighted by atomic mass is 32.2. The van der Waals surface area contributed by atoms with Crippen LogP contribution in [0.2, 0.25) is 0 Å². The zero-order valence-corrected chi connectivity index (χ0v) is 31.2. The standard InChI is InChI=1S/C37H43F3N10O4S/c1-46-32-17-26(5-6-31(32)34(45-46)50-16-11-33(51)44-36(50)52)25-7-12-47(13-8-25)21-24-22-48(23-24)29-3-2-4-30(18-29)55(53,54)49-14-9-28(10-15-49)43-35-41-19-27(20-42-35)37(38,39)40/h2-6,17-20,24-25,28H,7-16,21-23H2,1H3,(H,41,42,43)(H,44,51,52). The van der Waals surface area contributed by atoms with Gasteiger partial charge >= 0.3 is 12.2 Å². The molecule has 4 fully saturated rings. The third kappa shape index (κ3) is 7.71. The first-order chi connectivity index (χ1) is 26.3. The molecule has 4 aliphatic heterocycles. The number of fused-ring (bicyclic) bond motifs is 1. The lowest BCUT2D eigenvalue weighted by Gasteiger charge is -2.44. The summed E-state index contributed by atoms with van der Waals surface area (Å²) >= 11 is 0. The van der Waals surface area contributed by atoms with Crippen LogP contribution in [0.15, 0.2) is 59.8 Å². The number of nitrogens with zero attached hydrogens (tertiary/aromatic N) is 8. The highest BCUT2D eigenvalue weighted by Crippen LogP contribution is 2.35. The summed E-state index contributed by atoms with van der Waals surface area (Å²) in [4.78, 5) is 38.2. The van der Waals surface area contributed by atoms with Crippen molar-refractivity contribution in [2.75, 3.05) is 67.5 Å². The summed E-state index contributed by atoms with van der Waals surface area (Å²) in [5.74, 6) is 1.29. The number of carbonyl (C=O) groups excluding carboxylic acids is 2. The summed E-state index contributed by atoms with van der Waals surface area (Å²) in [7, 11) is -1.85. The van der Waals surface area contributed by atoms with Gasteiger partial charge in [0.25, 0.3) is 0 Å². The lowest BCUT2D eigenvalue weighted by molar-refractivity contribution is -0.138. The van der Waals surface area contributed by atoms with Crippen molar-refractivity contribution in [2.45, 2.75) is 55.1 Å². The normalized spacial score (nSPS) is 20.2. The molecule has 18 heteroatoms. The highest BCUT2D eigenvalue weighted by Gasteiger charge is 2.35. The molecule has 4 aromatic rings. The zero-order valence-electron chi connectivity index (χ0n) is 30.4. The molecule has 4 aliphatic rings. The maximum atomic E-state index is 13.6. The molecule has 0 saturated carbocycles. The van der Waals surface area contributed by atoms with Gasteiger partial charge in [0.05, 0.1) is 16.0 Å². The molecule has 2 aromatic heterocycles. The molecule has 0 radical (unpaired) electrons. The molecule has 0 unspecified atom stereocenters. The number of carbonyl (C=O) groups is 2. The van der Waals surface area contributed by atoms with Gasteiger partial charge in [0.2, 0.25) is 21.9 Å². The Morgan fingerprint density at radius 2 is 1.65 bits per heavy atom. The number of aryl methyl sites for hydroxylation is 1. The van der Waals surface area contributed by atoms with E-state index < -0.39 is 27.8 Å². The molecular formula is C37H43F3N10O4S. The van der Waals surface area contributed by atoms with E-state index in [1.807, 2.05) is 19.2 Å². The van der Waals surface area contributed by atoms with E-state index in [4.69, 9.17) is 0 Å². The van der Waals surface area contributed by atoms with E-state index >= 15 is 0 Å². The largest absolute Gasteiger partial charge is 0.419 e. The first-order valence-electron chi connectivity index (χ1n) is 18.6. The summed E-state index contributed by atoms with van der Waals surface area (Å²) in [5, 5.41) is 10.9. The fraction of sp³-hybridized carbons (Fsp3) is 0.486. The topological polar surface area (TPSA) is 149 Å². The van der Waals surface area contributed by atoms with Crippen molar-refractivity contribution in [1.82, 2.24) is 34.3 Å². The average Bonchev–Trinajstić information content (AvgIpc) is 3.48. The number of urea groups is 1. The Balaban J connectivity index is 0.803. The third-order valence-corrected chi connectivity index (χ3v) is 13.2. The molecule has 0 spiro atoms. The number of anilines is 3. The number of halogens is 3. The van der Waals surface area contributed by atoms with Gasteiger partial charge in [-0.3, -0.25) is 19.7 Å². The Morgan fingerprint density at radius 3 is 2.35 bits per heavy atom. The Kier molecular flexibility index (Phi) is 9.92. The Morgan fingerprint density at radius 1 is 0.927 bits per heavy atom. The molecule has 6 heterocycles. The van der Waals surface area contributed by atoms with Crippen LogP contribution in [0.4, 0.5) is 35.4 Å². The van der Waals surface area contributed by atoms with E-state index in [9.17, 15) is 31.2 Å². The number of sulfonamides is 1. The van der Waals surface area contributed by atoms with Crippen LogP contribution in [0.3, 0.4) is 0 Å². The number of aromatic nitrogens is 4. The first kappa shape index (κ1) is 37.1. The second-order valence-electron chi connectivity index (χ2n) is 14.9. The molecule has 2 N–H and O–H groups in total. The predicted molar refractivity (Wildman–Crippen MR) is 199 cm³/mol. The van der Waals surface area contributed by atoms with Gasteiger partial charge in [0, 0.05) is 88.2 Å². The van der Waals surface area contributed by atoms with Crippen LogP contribution in [-0.2, 0) is 28.0 Å². The lowest BCUT2D eigenvalue weighted by Crippen LogP contribution is -2.52. The van der Waals surface area contributed by atoms with E-state index in [0.29, 0.717) is 37.0 Å². The number of hydrogen-bond donors (Lipinski definition) is 2. The molecule has 0 atom stereocenters. The zero-order chi connectivity index (χ0) is 38.5. The third-order valence-electron chi connectivity index (χ3n) is 11.3. The quantitative estimate of drug-likeness (QED) is 0.250. The minimum Gasteiger partial charge on any atom is -0.371 e. The fourth-order valence-electron chi connectivity index (χ4n) is 8.15. The van der Waals surface area contributed by atoms with Crippen LogP contribution in [0, 0.1) is 5.92 Å². The number of amides is 3. The second kappa shape index (κ2) is 14.7. The second-order valence-corrected chi connectivity index (χ2v) is 16.9. The molecule has 55 heavy (non-hydrogen) atoms. The molecule has 3 amide bonds. The van der Waals surface area contributed by atoms with Crippen LogP contribution in [-0.4, -0.2) is 108 Å². The number of rotatable bonds is 9. The van der Waals surface area contributed by atoms with Gasteiger partial charge in [-0.25, -0.2) is 23.2 Å². The molecule has 0 bridgehead atoms. The van der Waals surface area contributed by atoms with Crippen LogP contribution >= 0.6 is 0 Å². The number of likely N-dealkylation sites (tertiary alicyclic amines) is 1. The number of piperidine rings is 2. The maximum Gasteiger partial charge on any atom is 0.419 e. The molecule has 0 aliphatic carbocycles. The van der Waals surface area contributed by atoms with Gasteiger partial charge < -0.3 is 15.1 Å². The van der Waals surface area contributed by atoms with Crippen molar-refractivity contribution < 1.29 is 31.2 Å². The smallest absolute Gasteiger partial charge is 0.371 e. The number of hydrogen-bond acceptors (Lipinski definition) is 10. The molecule has 8 rings (SSSR count). The van der Waals surface area contributed by atoms with Gasteiger partial charge in [-0.2, -0.15) is 22.6 Å². The summed E-state index contributed by atoms with van der Waals surface area (Å²) in [6, 6.07) is 12.9. The molecule has 14 nitrogen and oxygen atoms in total. The van der Waals surface area contributed by atoms with Gasteiger partial charge in [0.1, 0.15) is 0 Å². The molecular weight excluding hydrogens is 738 g/mol. The number of imide groups is 1. The van der Waals surface area contributed by atoms with E-state index in [-0.39, 0.29) is 42.3 Å². The van der Waals surface area contributed by atoms with Crippen molar-refractivity contribution in [3.05, 3.63) is 66.0 Å². The van der Waals surface area contributed by atoms with Crippen molar-refractivity contribution in [3.8, 4) is 0 Å². The highest BCUT2D eigenvalue weighted by molar-refractivity contribution is 7.89. The summed E-state index contributed by atoms with van der Waals surface area (Å²) in [6.45, 7) is 5.55. The van der Waals surface area contributed by atoms with Crippen LogP contribution in [0.1, 0.15) is 49.1 Å². The van der Waals surface area contributed by atoms with Crippen molar-refractivity contribution in [2.24, 2.45) is 13.0 Å². The van der Waals surface area contributed by atoms with Crippen molar-refractivity contribution >= 4 is 50.3 Å². The van der Waals surface area contributed by atoms with Crippen LogP contribution in [0.25, 0.3) is 10.9 Å². The monoisotopic (exact) mass is 780 g/mol. The van der Waals surface area contributed by atoms with Crippen molar-refractivity contribution in [3.63, 3.8) is 0 Å². The maximum absolute atomic E-state index is 13.6. The first-order valence-corrected chi connectivity index (χ1v) is 20.1. The molecule has 4 saturated heterocycles. The number of nitrogens with one attached hydrogen (secondary N) is 2. The Hall–Kier alpha value is -4.81. The van der Waals surface area contributed by atoms with Gasteiger partial charge in [-0.15, -0.1) is 0 Å². The summed E-state index contributed by atoms with van der Waals surface area (Å²) < 4.78 is 69.0. The van der Waals surface area contributed by atoms with E-state index in [1.54, 1.807) is 22.9 Å². The van der Waals surface area contributed by atoms with E-state index in [2.05, 4.69) is 47.6 Å². The van der Waals surface area contributed by atoms with Crippen LogP contribution in [0.5, 0.6) is 0 Å². The summed E-state index contributed by atoms with van der Waals surface area (Å²) in [5.41, 5.74) is 2.18. The van der Waals surface area contributed by atoms with E-state index in [1.165, 1.54) is 14.8 Å². The Labute approximate surface area is 316 Å². The Bertz CT molecular complexity index is 2180. The average molecular weight is 781 g/mol. The predicted octanol–water partition coefficient (Wildman–Crippen LogP) is 4.41. The molecule has 292 valence electrons. The summed E-state index contributed by atoms with van der Waals surface area (Å²) in [6.07, 6.45) is 0.234. The van der Waals surface area contributed by atoms with Gasteiger partial charge in [0.15, 0.2) is 5.82 Å². The lowest BCUT2D eigenvalue weighted by atomic mass is 9.88. The fourth-order valence-corrected chi connectivity index (χ4v) is 9.66. The van der Waals surface area contributed by atoms with Crippen molar-refractivity contribution in [1.29, 1.82) is 0 Å². The minimum atomic E-state index is -4.51. The van der Waals surface area contributed by atoms with Gasteiger partial charge in [-0.1, -0.05) is 12.1 Å². The van der Waals surface area contributed by atoms with Crippen LogP contribution < -0.4 is 20.4 Å². The number of benzene rings is 2. The van der Waals surface area contributed by atoms with Gasteiger partial charge in [-0.05, 0) is 80.6 Å². The minimum absolute atomic E-state index is 0.0849.